The highest BCUT2D eigenvalue weighted by Crippen LogP contribution is 2.32. The summed E-state index contributed by atoms with van der Waals surface area (Å²) in [5, 5.41) is 25.9. The van der Waals surface area contributed by atoms with Gasteiger partial charge in [0, 0.05) is 20.8 Å². The number of benzene rings is 6. The van der Waals surface area contributed by atoms with Gasteiger partial charge in [-0.1, -0.05) is 91.7 Å². The van der Waals surface area contributed by atoms with Crippen molar-refractivity contribution in [3.63, 3.8) is 0 Å². The standard InChI is InChI=1S/C25H35NO4.C22H31NO3.C20H27NO4.C15H19NO4.C13H17NO3.C12H15NO3/c1-18(2)9-7-10-19(3)11-8-12-20(4)15-16-30-24-17-22(25(28)29-6)13-14-23(24)26-21(5)27;1-16(2)7-5-8-17(3)9-6-10-18(4)13-14-26-21-15-19(22(24)25)11-12-20(21)23;1-14(2)7-6-8-15(3)11-12-25-19-13-17(20(23)24-5)9-10-18(19)21-16(4)22;1-10(2)7-8-20-14-9-12(15(18)19-4)5-6-13(14)16-11(3)17;1-9(2)6-7-17-12-8-10(13(15)16-3)4-5-11(12)14;1-8(2)5-6-16-11-7-9(12(14)15)3-4-10(11)13/h9,11,13-15,17H,7-8,10,12,16H2,1-6H3,(H,26,27);7,9,11-13,15H,5-6,8,10,14,23H2,1-4H3,(H,24,25);7,9-11,13H,6,8,12H2,1-5H3,(H,21,22);5-7,9H,8H2,1-4H3,(H,16,17);4-6,8H,7,14H2,1-3H3;3-5,7H,6,13H2,1-2H3,(H,14,15)/b19-11+,20-15+;17-9+,18-13+;15-11+;;;. The highest BCUT2D eigenvalue weighted by Gasteiger charge is 2.18. The van der Waals surface area contributed by atoms with Gasteiger partial charge >= 0.3 is 35.8 Å². The molecule has 11 N–H and O–H groups in total. The predicted molar refractivity (Wildman–Crippen MR) is 539 cm³/mol. The molecule has 0 atom stereocenters. The minimum absolute atomic E-state index is 0.168. The normalized spacial score (nSPS) is 10.8. The highest BCUT2D eigenvalue weighted by atomic mass is 16.5. The van der Waals surface area contributed by atoms with Crippen LogP contribution in [0.4, 0.5) is 34.1 Å². The molecule has 134 heavy (non-hydrogen) atoms. The SMILES string of the molecule is CC(C)=CCC/C(C)=C/CC/C(C)=C/COc1cc(C(=O)O)ccc1N.CC(C)=CCOc1cc(C(=O)O)ccc1N.COC(=O)c1ccc(N)c(OCC=C(C)C)c1.COC(=O)c1ccc(NC(C)=O)c(OC/C=C(\C)CC/C=C(\C)CCC=C(C)C)c1.COC(=O)c1ccc(NC(C)=O)c(OC/C=C(\C)CCC=C(C)C)c1.COC(=O)c1ccc(NC(C)=O)c(OCC=C(C)C)c1. The van der Waals surface area contributed by atoms with E-state index in [0.29, 0.717) is 131 Å². The number of methoxy groups -OCH3 is 4. The van der Waals surface area contributed by atoms with Gasteiger partial charge in [0.15, 0.2) is 0 Å². The Hall–Kier alpha value is -14.1. The van der Waals surface area contributed by atoms with E-state index in [4.69, 9.17) is 65.3 Å². The third-order valence-electron chi connectivity index (χ3n) is 18.6. The second-order valence-corrected chi connectivity index (χ2v) is 32.5. The molecule has 0 saturated carbocycles. The molecule has 0 bridgehead atoms. The summed E-state index contributed by atoms with van der Waals surface area (Å²) in [6.07, 6.45) is 33.4. The Morgan fingerprint density at radius 2 is 0.440 bits per heavy atom. The number of ether oxygens (including phenoxy) is 10. The molecule has 728 valence electrons. The van der Waals surface area contributed by atoms with Gasteiger partial charge in [-0.15, -0.1) is 0 Å². The number of carbonyl (C=O) groups excluding carboxylic acids is 7. The molecule has 0 aliphatic carbocycles. The van der Waals surface area contributed by atoms with Crippen LogP contribution in [0, 0.1) is 0 Å². The van der Waals surface area contributed by atoms with E-state index in [1.807, 2.05) is 78.0 Å². The van der Waals surface area contributed by atoms with Crippen molar-refractivity contribution in [3.8, 4) is 34.5 Å². The van der Waals surface area contributed by atoms with Gasteiger partial charge in [-0.25, -0.2) is 28.8 Å². The van der Waals surface area contributed by atoms with E-state index in [0.717, 1.165) is 80.9 Å². The number of carboxylic acids is 2. The van der Waals surface area contributed by atoms with Crippen LogP contribution in [-0.2, 0) is 33.3 Å². The molecule has 3 amide bonds. The number of hydrogen-bond donors (Lipinski definition) is 8. The van der Waals surface area contributed by atoms with Crippen molar-refractivity contribution in [1.29, 1.82) is 0 Å². The lowest BCUT2D eigenvalue weighted by molar-refractivity contribution is -0.115. The molecular formula is C107H144N6O21. The maximum absolute atomic E-state index is 11.8. The Bertz CT molecular complexity index is 5200. The number of anilines is 6. The lowest BCUT2D eigenvalue weighted by atomic mass is 10.1. The first kappa shape index (κ1) is 118. The van der Waals surface area contributed by atoms with Gasteiger partial charge in [-0.05, 0) is 328 Å². The van der Waals surface area contributed by atoms with E-state index in [2.05, 4.69) is 132 Å². The number of nitrogens with two attached hydrogens (primary N) is 3. The Labute approximate surface area is 793 Å². The zero-order valence-electron chi connectivity index (χ0n) is 82.9. The third kappa shape index (κ3) is 53.3. The molecule has 0 aliphatic heterocycles. The molecule has 0 aliphatic rings. The van der Waals surface area contributed by atoms with Crippen molar-refractivity contribution in [2.45, 2.75) is 203 Å². The number of carboxylic acid groups (broad SMARTS) is 2. The minimum atomic E-state index is -0.993. The van der Waals surface area contributed by atoms with E-state index in [-0.39, 0.29) is 28.8 Å². The van der Waals surface area contributed by atoms with Crippen LogP contribution < -0.4 is 61.6 Å². The topological polar surface area (TPSA) is 401 Å². The van der Waals surface area contributed by atoms with Crippen LogP contribution in [0.5, 0.6) is 34.5 Å². The quantitative estimate of drug-likeness (QED) is 0.00763. The summed E-state index contributed by atoms with van der Waals surface area (Å²) in [7, 11) is 5.30. The van der Waals surface area contributed by atoms with Gasteiger partial charge < -0.3 is 90.7 Å². The number of carbonyl (C=O) groups is 9. The zero-order chi connectivity index (χ0) is 101. The third-order valence-corrected chi connectivity index (χ3v) is 18.6. The van der Waals surface area contributed by atoms with Gasteiger partial charge in [-0.2, -0.15) is 0 Å². The van der Waals surface area contributed by atoms with Gasteiger partial charge in [0.1, 0.15) is 74.1 Å². The van der Waals surface area contributed by atoms with Gasteiger partial charge in [0.2, 0.25) is 17.7 Å². The monoisotopic (exact) mass is 1850 g/mol. The number of rotatable bonds is 42. The zero-order valence-corrected chi connectivity index (χ0v) is 82.9. The molecule has 6 rings (SSSR count). The molecule has 27 nitrogen and oxygen atoms in total. The molecule has 0 fully saturated rings. The van der Waals surface area contributed by atoms with Crippen LogP contribution in [0.2, 0.25) is 0 Å². The second kappa shape index (κ2) is 66.3. The van der Waals surface area contributed by atoms with Gasteiger partial charge in [0.25, 0.3) is 0 Å². The average molecular weight is 1850 g/mol. The van der Waals surface area contributed by atoms with Crippen molar-refractivity contribution in [1.82, 2.24) is 0 Å². The molecule has 0 radical (unpaired) electrons. The van der Waals surface area contributed by atoms with Crippen LogP contribution in [-0.4, -0.2) is 132 Å². The van der Waals surface area contributed by atoms with E-state index in [1.165, 1.54) is 124 Å². The van der Waals surface area contributed by atoms with Gasteiger partial charge in [0.05, 0.1) is 95.9 Å². The van der Waals surface area contributed by atoms with E-state index in [1.54, 1.807) is 78.9 Å². The van der Waals surface area contributed by atoms with Crippen molar-refractivity contribution < 1.29 is 101 Å². The molecule has 0 saturated heterocycles. The molecule has 0 spiro atoms. The molecular weight excluding hydrogens is 1710 g/mol. The first-order valence-corrected chi connectivity index (χ1v) is 43.9. The fourth-order valence-electron chi connectivity index (χ4n) is 11.1. The summed E-state index contributed by atoms with van der Waals surface area (Å²) in [6.45, 7) is 41.6. The summed E-state index contributed by atoms with van der Waals surface area (Å²) in [5.74, 6) is -1.76. The maximum atomic E-state index is 11.8. The number of allylic oxidation sites excluding steroid dienone is 16. The number of hydrogen-bond acceptors (Lipinski definition) is 22. The number of esters is 4. The van der Waals surface area contributed by atoms with Crippen LogP contribution in [0.25, 0.3) is 0 Å². The number of aromatic carboxylic acids is 2. The number of nitrogens with one attached hydrogen (secondary N) is 3. The summed E-state index contributed by atoms with van der Waals surface area (Å²) < 4.78 is 52.4. The minimum Gasteiger partial charge on any atom is -0.487 e. The van der Waals surface area contributed by atoms with Crippen LogP contribution >= 0.6 is 0 Å². The smallest absolute Gasteiger partial charge is 0.337 e. The van der Waals surface area contributed by atoms with Crippen molar-refractivity contribution in [3.05, 3.63) is 271 Å². The van der Waals surface area contributed by atoms with E-state index in [9.17, 15) is 43.2 Å². The first-order valence-electron chi connectivity index (χ1n) is 43.9. The summed E-state index contributed by atoms with van der Waals surface area (Å²) in [5.41, 5.74) is 36.0. The summed E-state index contributed by atoms with van der Waals surface area (Å²) in [6, 6.07) is 28.1. The van der Waals surface area contributed by atoms with Crippen molar-refractivity contribution >= 4 is 87.7 Å². The summed E-state index contributed by atoms with van der Waals surface area (Å²) >= 11 is 0. The second-order valence-electron chi connectivity index (χ2n) is 32.5. The number of amides is 3. The fourth-order valence-corrected chi connectivity index (χ4v) is 11.1. The van der Waals surface area contributed by atoms with Crippen LogP contribution in [0.15, 0.2) is 237 Å². The Kier molecular flexibility index (Phi) is 58.3. The van der Waals surface area contributed by atoms with Crippen LogP contribution in [0.3, 0.4) is 0 Å². The first-order chi connectivity index (χ1) is 63.3. The molecule has 6 aromatic rings. The molecule has 27 heteroatoms. The lowest BCUT2D eigenvalue weighted by Gasteiger charge is -2.12. The Morgan fingerprint density at radius 1 is 0.254 bits per heavy atom. The predicted octanol–water partition coefficient (Wildman–Crippen LogP) is 24.0. The Morgan fingerprint density at radius 3 is 0.657 bits per heavy atom. The molecule has 0 unspecified atom stereocenters. The average Bonchev–Trinajstić information content (AvgIpc) is 0.849. The maximum Gasteiger partial charge on any atom is 0.337 e. The van der Waals surface area contributed by atoms with E-state index < -0.39 is 35.8 Å². The largest absolute Gasteiger partial charge is 0.487 e. The summed E-state index contributed by atoms with van der Waals surface area (Å²) in [4.78, 5) is 102. The highest BCUT2D eigenvalue weighted by molar-refractivity contribution is 5.97. The fraction of sp³-hybridized carbons (Fsp3) is 0.374. The molecule has 0 heterocycles. The van der Waals surface area contributed by atoms with E-state index >= 15 is 0 Å². The van der Waals surface area contributed by atoms with Gasteiger partial charge in [-0.3, -0.25) is 14.4 Å². The van der Waals surface area contributed by atoms with Crippen molar-refractivity contribution in [2.24, 2.45) is 0 Å². The van der Waals surface area contributed by atoms with Crippen LogP contribution in [0.1, 0.15) is 265 Å². The Balaban J connectivity index is 0.000000814. The lowest BCUT2D eigenvalue weighted by Crippen LogP contribution is -2.09. The van der Waals surface area contributed by atoms with Crippen molar-refractivity contribution in [2.75, 3.05) is 101 Å². The number of nitrogen functional groups attached to an aromatic ring is 3. The molecule has 6 aromatic carbocycles. The molecule has 0 aromatic heterocycles.